The lowest BCUT2D eigenvalue weighted by atomic mass is 10.1. The number of hydrogen-bond acceptors (Lipinski definition) is 4. The molecule has 1 aromatic carbocycles. The van der Waals surface area contributed by atoms with Crippen molar-refractivity contribution >= 4 is 5.52 Å². The van der Waals surface area contributed by atoms with Gasteiger partial charge in [-0.15, -0.1) is 0 Å². The molecular formula is C22H25N5O2. The quantitative estimate of drug-likeness (QED) is 0.506. The number of rotatable bonds is 5. The first-order valence-electron chi connectivity index (χ1n) is 9.74. The van der Waals surface area contributed by atoms with Gasteiger partial charge in [0.2, 0.25) is 5.88 Å². The molecule has 0 N–H and O–H groups in total. The average Bonchev–Trinajstić information content (AvgIpc) is 3.34. The fourth-order valence-electron chi connectivity index (χ4n) is 3.27. The van der Waals surface area contributed by atoms with E-state index in [4.69, 9.17) is 4.74 Å². The van der Waals surface area contributed by atoms with Gasteiger partial charge in [-0.25, -0.2) is 4.98 Å². The zero-order chi connectivity index (χ0) is 20.7. The van der Waals surface area contributed by atoms with Crippen molar-refractivity contribution in [2.24, 2.45) is 7.05 Å². The molecule has 4 rings (SSSR count). The second-order valence-electron chi connectivity index (χ2n) is 7.79. The lowest BCUT2D eigenvalue weighted by Gasteiger charge is -2.12. The summed E-state index contributed by atoms with van der Waals surface area (Å²) in [7, 11) is 1.70. The van der Waals surface area contributed by atoms with Gasteiger partial charge in [0.05, 0.1) is 18.6 Å². The molecule has 3 heterocycles. The van der Waals surface area contributed by atoms with Crippen LogP contribution in [-0.2, 0) is 7.05 Å². The van der Waals surface area contributed by atoms with E-state index in [1.165, 1.54) is 4.57 Å². The Kier molecular flexibility index (Phi) is 4.74. The monoisotopic (exact) mass is 391 g/mol. The van der Waals surface area contributed by atoms with Gasteiger partial charge in [-0.3, -0.25) is 18.4 Å². The summed E-state index contributed by atoms with van der Waals surface area (Å²) < 4.78 is 11.3. The van der Waals surface area contributed by atoms with Crippen LogP contribution in [0.4, 0.5) is 0 Å². The van der Waals surface area contributed by atoms with E-state index < -0.39 is 0 Å². The van der Waals surface area contributed by atoms with Gasteiger partial charge in [0.15, 0.2) is 0 Å². The molecule has 29 heavy (non-hydrogen) atoms. The molecule has 0 spiro atoms. The first-order valence-corrected chi connectivity index (χ1v) is 9.74. The van der Waals surface area contributed by atoms with Crippen LogP contribution in [0.2, 0.25) is 0 Å². The number of fused-ring (bicyclic) bond motifs is 1. The molecule has 0 saturated heterocycles. The Hall–Kier alpha value is -3.35. The Morgan fingerprint density at radius 1 is 0.966 bits per heavy atom. The molecule has 0 radical (unpaired) electrons. The first kappa shape index (κ1) is 19.0. The summed E-state index contributed by atoms with van der Waals surface area (Å²) >= 11 is 0. The first-order chi connectivity index (χ1) is 13.8. The summed E-state index contributed by atoms with van der Waals surface area (Å²) in [4.78, 5) is 17.1. The van der Waals surface area contributed by atoms with Gasteiger partial charge in [-0.2, -0.15) is 5.10 Å². The Bertz CT molecular complexity index is 1210. The van der Waals surface area contributed by atoms with Gasteiger partial charge in [-0.1, -0.05) is 26.0 Å². The lowest BCUT2D eigenvalue weighted by molar-refractivity contribution is 0.430. The Balaban J connectivity index is 1.65. The van der Waals surface area contributed by atoms with Crippen LogP contribution in [0.5, 0.6) is 11.6 Å². The van der Waals surface area contributed by atoms with Crippen LogP contribution in [0.1, 0.15) is 45.5 Å². The van der Waals surface area contributed by atoms with Gasteiger partial charge in [0.25, 0.3) is 5.56 Å². The van der Waals surface area contributed by atoms with Gasteiger partial charge in [0, 0.05) is 30.8 Å². The fraction of sp³-hybridized carbons (Fsp3) is 0.318. The van der Waals surface area contributed by atoms with E-state index in [1.807, 2.05) is 65.8 Å². The molecule has 0 bridgehead atoms. The molecule has 150 valence electrons. The van der Waals surface area contributed by atoms with Crippen molar-refractivity contribution in [1.82, 2.24) is 23.7 Å². The molecule has 0 amide bonds. The molecule has 4 aromatic rings. The van der Waals surface area contributed by atoms with E-state index in [2.05, 4.69) is 23.9 Å². The minimum Gasteiger partial charge on any atom is -0.439 e. The van der Waals surface area contributed by atoms with E-state index in [1.54, 1.807) is 13.2 Å². The SMILES string of the molecule is CC(C)c1ncc2c(=O)n(C)c(Oc3ccc(-c4cnn(C(C)C)c4)cc3)cn12. The zero-order valence-corrected chi connectivity index (χ0v) is 17.3. The smallest absolute Gasteiger partial charge is 0.279 e. The standard InChI is InChI=1S/C22H25N5O2/c1-14(2)21-23-11-19-22(28)25(5)20(13-26(19)21)29-18-8-6-16(7-9-18)17-10-24-27(12-17)15(3)4/h6-15H,1-5H3. The minimum absolute atomic E-state index is 0.139. The van der Waals surface area contributed by atoms with Crippen molar-refractivity contribution in [3.05, 3.63) is 65.2 Å². The maximum atomic E-state index is 12.7. The number of ether oxygens (including phenoxy) is 1. The highest BCUT2D eigenvalue weighted by Gasteiger charge is 2.14. The van der Waals surface area contributed by atoms with Crippen LogP contribution >= 0.6 is 0 Å². The second-order valence-corrected chi connectivity index (χ2v) is 7.79. The zero-order valence-electron chi connectivity index (χ0n) is 17.3. The second kappa shape index (κ2) is 7.24. The lowest BCUT2D eigenvalue weighted by Crippen LogP contribution is -2.20. The third kappa shape index (κ3) is 3.44. The highest BCUT2D eigenvalue weighted by Crippen LogP contribution is 2.26. The largest absolute Gasteiger partial charge is 0.439 e. The van der Waals surface area contributed by atoms with Crippen LogP contribution in [0.15, 0.2) is 53.8 Å². The average molecular weight is 391 g/mol. The fourth-order valence-corrected chi connectivity index (χ4v) is 3.27. The summed E-state index contributed by atoms with van der Waals surface area (Å²) in [5, 5.41) is 4.39. The minimum atomic E-state index is -0.139. The van der Waals surface area contributed by atoms with Gasteiger partial charge >= 0.3 is 0 Å². The van der Waals surface area contributed by atoms with E-state index in [-0.39, 0.29) is 11.5 Å². The van der Waals surface area contributed by atoms with Gasteiger partial charge in [0.1, 0.15) is 17.1 Å². The maximum Gasteiger partial charge on any atom is 0.279 e. The predicted octanol–water partition coefficient (Wildman–Crippen LogP) is 4.39. The molecule has 0 atom stereocenters. The number of imidazole rings is 1. The predicted molar refractivity (Wildman–Crippen MR) is 113 cm³/mol. The molecule has 0 fully saturated rings. The Morgan fingerprint density at radius 2 is 1.69 bits per heavy atom. The van der Waals surface area contributed by atoms with Crippen LogP contribution in [-0.4, -0.2) is 23.7 Å². The molecule has 0 saturated carbocycles. The van der Waals surface area contributed by atoms with Crippen molar-refractivity contribution in [1.29, 1.82) is 0 Å². The molecule has 0 aliphatic heterocycles. The summed E-state index contributed by atoms with van der Waals surface area (Å²) in [5.74, 6) is 2.15. The van der Waals surface area contributed by atoms with E-state index in [0.717, 1.165) is 17.0 Å². The van der Waals surface area contributed by atoms with Crippen molar-refractivity contribution < 1.29 is 4.74 Å². The third-order valence-corrected chi connectivity index (χ3v) is 4.98. The number of aromatic nitrogens is 5. The summed E-state index contributed by atoms with van der Waals surface area (Å²) in [6.07, 6.45) is 7.33. The Labute approximate surface area is 169 Å². The van der Waals surface area contributed by atoms with E-state index >= 15 is 0 Å². The van der Waals surface area contributed by atoms with Crippen LogP contribution in [0, 0.1) is 0 Å². The summed E-state index contributed by atoms with van der Waals surface area (Å²) in [5.41, 5.74) is 2.52. The van der Waals surface area contributed by atoms with Crippen LogP contribution in [0.3, 0.4) is 0 Å². The van der Waals surface area contributed by atoms with Crippen molar-refractivity contribution in [3.63, 3.8) is 0 Å². The number of nitrogens with zero attached hydrogens (tertiary/aromatic N) is 5. The molecular weight excluding hydrogens is 366 g/mol. The Morgan fingerprint density at radius 3 is 2.31 bits per heavy atom. The third-order valence-electron chi connectivity index (χ3n) is 4.98. The summed E-state index contributed by atoms with van der Waals surface area (Å²) in [6.45, 7) is 8.29. The molecule has 0 aliphatic carbocycles. The van der Waals surface area contributed by atoms with Crippen LogP contribution in [0.25, 0.3) is 16.6 Å². The maximum absolute atomic E-state index is 12.7. The molecule has 3 aromatic heterocycles. The molecule has 0 unspecified atom stereocenters. The highest BCUT2D eigenvalue weighted by atomic mass is 16.5. The summed E-state index contributed by atoms with van der Waals surface area (Å²) in [6, 6.07) is 8.10. The van der Waals surface area contributed by atoms with Gasteiger partial charge < -0.3 is 4.74 Å². The highest BCUT2D eigenvalue weighted by molar-refractivity contribution is 5.62. The van der Waals surface area contributed by atoms with E-state index in [9.17, 15) is 4.79 Å². The normalized spacial score (nSPS) is 11.7. The number of hydrogen-bond donors (Lipinski definition) is 0. The molecule has 0 aliphatic rings. The molecule has 7 nitrogen and oxygen atoms in total. The van der Waals surface area contributed by atoms with Crippen molar-refractivity contribution in [2.45, 2.75) is 39.7 Å². The van der Waals surface area contributed by atoms with Crippen molar-refractivity contribution in [3.8, 4) is 22.8 Å². The number of benzene rings is 1. The van der Waals surface area contributed by atoms with Crippen LogP contribution < -0.4 is 10.3 Å². The van der Waals surface area contributed by atoms with Gasteiger partial charge in [-0.05, 0) is 31.5 Å². The molecule has 7 heteroatoms. The topological polar surface area (TPSA) is 66.4 Å². The van der Waals surface area contributed by atoms with Crippen molar-refractivity contribution in [2.75, 3.05) is 0 Å². The van der Waals surface area contributed by atoms with E-state index in [0.29, 0.717) is 23.2 Å².